The van der Waals surface area contributed by atoms with Crippen molar-refractivity contribution in [3.63, 3.8) is 0 Å². The van der Waals surface area contributed by atoms with Gasteiger partial charge in [-0.1, -0.05) is 38.8 Å². The van der Waals surface area contributed by atoms with E-state index in [1.807, 2.05) is 6.07 Å². The topological polar surface area (TPSA) is 37.3 Å². The minimum atomic E-state index is -0.802. The van der Waals surface area contributed by atoms with Gasteiger partial charge in [-0.25, -0.2) is 4.79 Å². The largest absolute Gasteiger partial charge is 0.478 e. The number of aromatic carboxylic acids is 1. The lowest BCUT2D eigenvalue weighted by molar-refractivity contribution is 0.0695. The van der Waals surface area contributed by atoms with Gasteiger partial charge < -0.3 is 5.11 Å². The van der Waals surface area contributed by atoms with E-state index in [4.69, 9.17) is 5.11 Å². The Morgan fingerprint density at radius 3 is 2.50 bits per heavy atom. The summed E-state index contributed by atoms with van der Waals surface area (Å²) in [6.07, 6.45) is 5.07. The van der Waals surface area contributed by atoms with Crippen molar-refractivity contribution in [3.05, 3.63) is 34.9 Å². The fourth-order valence-corrected chi connectivity index (χ4v) is 1.99. The predicted molar refractivity (Wildman–Crippen MR) is 66.0 cm³/mol. The van der Waals surface area contributed by atoms with Crippen LogP contribution in [-0.4, -0.2) is 11.1 Å². The molecule has 0 amide bonds. The third-order valence-electron chi connectivity index (χ3n) is 2.80. The van der Waals surface area contributed by atoms with Gasteiger partial charge in [-0.05, 0) is 36.5 Å². The summed E-state index contributed by atoms with van der Waals surface area (Å²) in [6.45, 7) is 4.25. The lowest BCUT2D eigenvalue weighted by Crippen LogP contribution is -2.06. The SMILES string of the molecule is CCCCc1c(CCC)cccc1C(=O)O. The maximum absolute atomic E-state index is 11.1. The standard InChI is InChI=1S/C14H20O2/c1-3-5-9-12-11(7-4-2)8-6-10-13(12)14(15)16/h6,8,10H,3-5,7,9H2,1-2H3,(H,15,16). The summed E-state index contributed by atoms with van der Waals surface area (Å²) in [4.78, 5) is 11.1. The summed E-state index contributed by atoms with van der Waals surface area (Å²) in [5.41, 5.74) is 2.73. The van der Waals surface area contributed by atoms with Crippen molar-refractivity contribution in [1.82, 2.24) is 0 Å². The highest BCUT2D eigenvalue weighted by Gasteiger charge is 2.12. The Morgan fingerprint density at radius 1 is 1.19 bits per heavy atom. The van der Waals surface area contributed by atoms with Crippen LogP contribution in [0.25, 0.3) is 0 Å². The summed E-state index contributed by atoms with van der Waals surface area (Å²) in [5.74, 6) is -0.802. The first-order valence-electron chi connectivity index (χ1n) is 6.04. The molecule has 0 heterocycles. The monoisotopic (exact) mass is 220 g/mol. The van der Waals surface area contributed by atoms with Crippen LogP contribution in [0.3, 0.4) is 0 Å². The molecule has 0 bridgehead atoms. The number of carboxylic acids is 1. The summed E-state index contributed by atoms with van der Waals surface area (Å²) in [7, 11) is 0. The molecule has 88 valence electrons. The molecule has 16 heavy (non-hydrogen) atoms. The van der Waals surface area contributed by atoms with Gasteiger partial charge in [0, 0.05) is 0 Å². The predicted octanol–water partition coefficient (Wildman–Crippen LogP) is 3.68. The first-order valence-corrected chi connectivity index (χ1v) is 6.04. The zero-order valence-corrected chi connectivity index (χ0v) is 10.1. The summed E-state index contributed by atoms with van der Waals surface area (Å²) in [5, 5.41) is 9.16. The van der Waals surface area contributed by atoms with Gasteiger partial charge in [0.15, 0.2) is 0 Å². The van der Waals surface area contributed by atoms with Crippen LogP contribution in [0, 0.1) is 0 Å². The van der Waals surface area contributed by atoms with E-state index in [0.29, 0.717) is 5.56 Å². The number of hydrogen-bond acceptors (Lipinski definition) is 1. The van der Waals surface area contributed by atoms with Gasteiger partial charge in [-0.15, -0.1) is 0 Å². The molecular formula is C14H20O2. The van der Waals surface area contributed by atoms with Crippen LogP contribution in [0.2, 0.25) is 0 Å². The summed E-state index contributed by atoms with van der Waals surface area (Å²) < 4.78 is 0. The number of hydrogen-bond donors (Lipinski definition) is 1. The number of carbonyl (C=O) groups is 1. The smallest absolute Gasteiger partial charge is 0.335 e. The maximum Gasteiger partial charge on any atom is 0.335 e. The van der Waals surface area contributed by atoms with Crippen molar-refractivity contribution >= 4 is 5.97 Å². The van der Waals surface area contributed by atoms with Gasteiger partial charge in [-0.3, -0.25) is 0 Å². The Hall–Kier alpha value is -1.31. The van der Waals surface area contributed by atoms with Crippen LogP contribution in [0.5, 0.6) is 0 Å². The van der Waals surface area contributed by atoms with Crippen molar-refractivity contribution < 1.29 is 9.90 Å². The van der Waals surface area contributed by atoms with Crippen LogP contribution in [-0.2, 0) is 12.8 Å². The molecule has 0 aliphatic heterocycles. The molecule has 2 nitrogen and oxygen atoms in total. The van der Waals surface area contributed by atoms with E-state index >= 15 is 0 Å². The second-order valence-electron chi connectivity index (χ2n) is 4.10. The van der Waals surface area contributed by atoms with Gasteiger partial charge in [0.1, 0.15) is 0 Å². The molecule has 0 spiro atoms. The van der Waals surface area contributed by atoms with Gasteiger partial charge >= 0.3 is 5.97 Å². The van der Waals surface area contributed by atoms with Crippen molar-refractivity contribution in [2.24, 2.45) is 0 Å². The Balaban J connectivity index is 3.07. The number of benzene rings is 1. The van der Waals surface area contributed by atoms with E-state index in [1.54, 1.807) is 6.07 Å². The Kier molecular flexibility index (Phi) is 5.03. The van der Waals surface area contributed by atoms with Crippen LogP contribution < -0.4 is 0 Å². The molecule has 1 aromatic rings. The highest BCUT2D eigenvalue weighted by molar-refractivity contribution is 5.89. The molecule has 0 aliphatic rings. The Labute approximate surface area is 97.3 Å². The lowest BCUT2D eigenvalue weighted by atomic mass is 9.94. The molecule has 2 heteroatoms. The van der Waals surface area contributed by atoms with Gasteiger partial charge in [0.2, 0.25) is 0 Å². The zero-order chi connectivity index (χ0) is 12.0. The fourth-order valence-electron chi connectivity index (χ4n) is 1.99. The van der Waals surface area contributed by atoms with Crippen LogP contribution in [0.1, 0.15) is 54.6 Å². The Bertz CT molecular complexity index is 356. The number of rotatable bonds is 6. The maximum atomic E-state index is 11.1. The van der Waals surface area contributed by atoms with Crippen LogP contribution in [0.15, 0.2) is 18.2 Å². The quantitative estimate of drug-likeness (QED) is 0.794. The minimum Gasteiger partial charge on any atom is -0.478 e. The van der Waals surface area contributed by atoms with E-state index in [0.717, 1.165) is 37.7 Å². The molecule has 0 aromatic heterocycles. The molecule has 0 unspecified atom stereocenters. The summed E-state index contributed by atoms with van der Waals surface area (Å²) >= 11 is 0. The van der Waals surface area contributed by atoms with Crippen LogP contribution >= 0.6 is 0 Å². The fraction of sp³-hybridized carbons (Fsp3) is 0.500. The van der Waals surface area contributed by atoms with Crippen molar-refractivity contribution in [2.45, 2.75) is 46.0 Å². The van der Waals surface area contributed by atoms with Gasteiger partial charge in [0.05, 0.1) is 5.56 Å². The molecular weight excluding hydrogens is 200 g/mol. The average Bonchev–Trinajstić information content (AvgIpc) is 2.27. The highest BCUT2D eigenvalue weighted by atomic mass is 16.4. The molecule has 0 aliphatic carbocycles. The van der Waals surface area contributed by atoms with Crippen molar-refractivity contribution in [2.75, 3.05) is 0 Å². The molecule has 0 atom stereocenters. The van der Waals surface area contributed by atoms with E-state index < -0.39 is 5.97 Å². The van der Waals surface area contributed by atoms with Gasteiger partial charge in [-0.2, -0.15) is 0 Å². The van der Waals surface area contributed by atoms with E-state index in [1.165, 1.54) is 5.56 Å². The number of carboxylic acid groups (broad SMARTS) is 1. The first kappa shape index (κ1) is 12.8. The average molecular weight is 220 g/mol. The zero-order valence-electron chi connectivity index (χ0n) is 10.1. The number of aryl methyl sites for hydroxylation is 1. The molecule has 1 aromatic carbocycles. The molecule has 1 N–H and O–H groups in total. The van der Waals surface area contributed by atoms with E-state index in [2.05, 4.69) is 19.9 Å². The third-order valence-corrected chi connectivity index (χ3v) is 2.80. The molecule has 0 radical (unpaired) electrons. The normalized spacial score (nSPS) is 10.4. The second kappa shape index (κ2) is 6.31. The molecule has 0 saturated carbocycles. The van der Waals surface area contributed by atoms with E-state index in [9.17, 15) is 4.79 Å². The third kappa shape index (κ3) is 3.09. The Morgan fingerprint density at radius 2 is 1.94 bits per heavy atom. The first-order chi connectivity index (χ1) is 7.70. The van der Waals surface area contributed by atoms with Gasteiger partial charge in [0.25, 0.3) is 0 Å². The van der Waals surface area contributed by atoms with Crippen molar-refractivity contribution in [3.8, 4) is 0 Å². The van der Waals surface area contributed by atoms with Crippen LogP contribution in [0.4, 0.5) is 0 Å². The molecule has 1 rings (SSSR count). The number of unbranched alkanes of at least 4 members (excludes halogenated alkanes) is 1. The highest BCUT2D eigenvalue weighted by Crippen LogP contribution is 2.19. The minimum absolute atomic E-state index is 0.486. The van der Waals surface area contributed by atoms with Crippen molar-refractivity contribution in [1.29, 1.82) is 0 Å². The second-order valence-corrected chi connectivity index (χ2v) is 4.10. The molecule has 0 fully saturated rings. The lowest BCUT2D eigenvalue weighted by Gasteiger charge is -2.11. The summed E-state index contributed by atoms with van der Waals surface area (Å²) in [6, 6.07) is 5.62. The van der Waals surface area contributed by atoms with E-state index in [-0.39, 0.29) is 0 Å². The molecule has 0 saturated heterocycles.